The summed E-state index contributed by atoms with van der Waals surface area (Å²) in [5.74, 6) is 1.30. The van der Waals surface area contributed by atoms with Crippen LogP contribution in [0.3, 0.4) is 0 Å². The highest BCUT2D eigenvalue weighted by Crippen LogP contribution is 2.27. The fourth-order valence-electron chi connectivity index (χ4n) is 2.19. The number of hydrogen-bond donors (Lipinski definition) is 1. The molecule has 2 rings (SSSR count). The maximum atomic E-state index is 12.0. The van der Waals surface area contributed by atoms with Gasteiger partial charge in [-0.25, -0.2) is 0 Å². The normalized spacial score (nSPS) is 10.2. The van der Waals surface area contributed by atoms with E-state index in [0.717, 1.165) is 11.1 Å². The summed E-state index contributed by atoms with van der Waals surface area (Å²) in [6, 6.07) is 12.9. The van der Waals surface area contributed by atoms with Crippen molar-refractivity contribution in [3.8, 4) is 11.5 Å². The largest absolute Gasteiger partial charge is 0.493 e. The third-order valence-electron chi connectivity index (χ3n) is 3.27. The minimum atomic E-state index is -0.0546. The standard InChI is InChI=1S/C18H20ClNO3/c1-3-23-17-10-14(7-8-16(17)22-2)12-20-18(21)11-13-5-4-6-15(19)9-13/h4-10H,3,11-12H2,1-2H3,(H,20,21). The van der Waals surface area contributed by atoms with Crippen molar-refractivity contribution in [1.82, 2.24) is 5.32 Å². The summed E-state index contributed by atoms with van der Waals surface area (Å²) in [5, 5.41) is 3.53. The third kappa shape index (κ3) is 5.18. The number of carbonyl (C=O) groups excluding carboxylic acids is 1. The van der Waals surface area contributed by atoms with Gasteiger partial charge in [0.2, 0.25) is 5.91 Å². The summed E-state index contributed by atoms with van der Waals surface area (Å²) >= 11 is 5.92. The Labute approximate surface area is 141 Å². The molecule has 4 nitrogen and oxygen atoms in total. The van der Waals surface area contributed by atoms with Gasteiger partial charge in [0.1, 0.15) is 0 Å². The summed E-state index contributed by atoms with van der Waals surface area (Å²) in [7, 11) is 1.60. The molecule has 5 heteroatoms. The predicted octanol–water partition coefficient (Wildman–Crippen LogP) is 3.61. The van der Waals surface area contributed by atoms with E-state index in [4.69, 9.17) is 21.1 Å². The van der Waals surface area contributed by atoms with Crippen LogP contribution in [0.5, 0.6) is 11.5 Å². The molecule has 2 aromatic rings. The molecule has 0 spiro atoms. The number of methoxy groups -OCH3 is 1. The van der Waals surface area contributed by atoms with E-state index in [9.17, 15) is 4.79 Å². The molecule has 0 unspecified atom stereocenters. The maximum Gasteiger partial charge on any atom is 0.224 e. The van der Waals surface area contributed by atoms with Gasteiger partial charge in [-0.3, -0.25) is 4.79 Å². The molecule has 0 atom stereocenters. The van der Waals surface area contributed by atoms with E-state index >= 15 is 0 Å². The molecule has 0 bridgehead atoms. The zero-order valence-electron chi connectivity index (χ0n) is 13.3. The van der Waals surface area contributed by atoms with Gasteiger partial charge < -0.3 is 14.8 Å². The van der Waals surface area contributed by atoms with Gasteiger partial charge in [0.15, 0.2) is 11.5 Å². The third-order valence-corrected chi connectivity index (χ3v) is 3.51. The Hall–Kier alpha value is -2.20. The van der Waals surface area contributed by atoms with Crippen LogP contribution in [-0.2, 0) is 17.8 Å². The lowest BCUT2D eigenvalue weighted by Gasteiger charge is -2.11. The number of nitrogens with one attached hydrogen (secondary N) is 1. The lowest BCUT2D eigenvalue weighted by Crippen LogP contribution is -2.24. The highest BCUT2D eigenvalue weighted by atomic mass is 35.5. The zero-order chi connectivity index (χ0) is 16.7. The molecule has 0 aliphatic rings. The second-order valence-corrected chi connectivity index (χ2v) is 5.44. The van der Waals surface area contributed by atoms with E-state index in [-0.39, 0.29) is 5.91 Å². The molecule has 0 saturated heterocycles. The Morgan fingerprint density at radius 3 is 2.65 bits per heavy atom. The Morgan fingerprint density at radius 1 is 1.13 bits per heavy atom. The van der Waals surface area contributed by atoms with Gasteiger partial charge >= 0.3 is 0 Å². The number of hydrogen-bond acceptors (Lipinski definition) is 3. The summed E-state index contributed by atoms with van der Waals surface area (Å²) in [6.45, 7) is 2.91. The SMILES string of the molecule is CCOc1cc(CNC(=O)Cc2cccc(Cl)c2)ccc1OC. The average molecular weight is 334 g/mol. The van der Waals surface area contributed by atoms with Crippen molar-refractivity contribution in [2.45, 2.75) is 19.9 Å². The van der Waals surface area contributed by atoms with Crippen molar-refractivity contribution >= 4 is 17.5 Å². The molecule has 0 saturated carbocycles. The Morgan fingerprint density at radius 2 is 1.96 bits per heavy atom. The lowest BCUT2D eigenvalue weighted by atomic mass is 10.1. The second-order valence-electron chi connectivity index (χ2n) is 5.00. The van der Waals surface area contributed by atoms with Gasteiger partial charge in [0.25, 0.3) is 0 Å². The first-order chi connectivity index (χ1) is 11.1. The van der Waals surface area contributed by atoms with Gasteiger partial charge in [-0.2, -0.15) is 0 Å². The minimum absolute atomic E-state index is 0.0546. The smallest absolute Gasteiger partial charge is 0.224 e. The van der Waals surface area contributed by atoms with Crippen molar-refractivity contribution in [1.29, 1.82) is 0 Å². The van der Waals surface area contributed by atoms with E-state index in [2.05, 4.69) is 5.32 Å². The summed E-state index contributed by atoms with van der Waals surface area (Å²) in [4.78, 5) is 12.0. The number of halogens is 1. The van der Waals surface area contributed by atoms with Crippen LogP contribution >= 0.6 is 11.6 Å². The van der Waals surface area contributed by atoms with E-state index in [1.54, 1.807) is 19.2 Å². The van der Waals surface area contributed by atoms with Crippen molar-refractivity contribution < 1.29 is 14.3 Å². The van der Waals surface area contributed by atoms with E-state index in [1.165, 1.54) is 0 Å². The van der Waals surface area contributed by atoms with E-state index in [0.29, 0.717) is 36.1 Å². The molecule has 1 N–H and O–H groups in total. The molecule has 0 aliphatic heterocycles. The minimum Gasteiger partial charge on any atom is -0.493 e. The average Bonchev–Trinajstić information content (AvgIpc) is 2.53. The fraction of sp³-hybridized carbons (Fsp3) is 0.278. The Balaban J connectivity index is 1.94. The molecular weight excluding hydrogens is 314 g/mol. The summed E-state index contributed by atoms with van der Waals surface area (Å²) < 4.78 is 10.8. The highest BCUT2D eigenvalue weighted by Gasteiger charge is 2.07. The molecule has 0 aromatic heterocycles. The molecule has 0 radical (unpaired) electrons. The summed E-state index contributed by atoms with van der Waals surface area (Å²) in [5.41, 5.74) is 1.84. The highest BCUT2D eigenvalue weighted by molar-refractivity contribution is 6.30. The lowest BCUT2D eigenvalue weighted by molar-refractivity contribution is -0.120. The number of ether oxygens (including phenoxy) is 2. The Bertz CT molecular complexity index is 673. The molecule has 0 heterocycles. The topological polar surface area (TPSA) is 47.6 Å². The molecule has 0 fully saturated rings. The van der Waals surface area contributed by atoms with Gasteiger partial charge in [-0.15, -0.1) is 0 Å². The van der Waals surface area contributed by atoms with Crippen molar-refractivity contribution in [3.05, 3.63) is 58.6 Å². The summed E-state index contributed by atoms with van der Waals surface area (Å²) in [6.07, 6.45) is 0.301. The molecular formula is C18H20ClNO3. The van der Waals surface area contributed by atoms with E-state index < -0.39 is 0 Å². The maximum absolute atomic E-state index is 12.0. The molecule has 1 amide bonds. The van der Waals surface area contributed by atoms with Crippen molar-refractivity contribution in [3.63, 3.8) is 0 Å². The predicted molar refractivity (Wildman–Crippen MR) is 91.2 cm³/mol. The molecule has 122 valence electrons. The first-order valence-electron chi connectivity index (χ1n) is 7.43. The first kappa shape index (κ1) is 17.2. The molecule has 0 aliphatic carbocycles. The van der Waals surface area contributed by atoms with Gasteiger partial charge in [-0.1, -0.05) is 29.8 Å². The van der Waals surface area contributed by atoms with Crippen LogP contribution in [0.2, 0.25) is 5.02 Å². The quantitative estimate of drug-likeness (QED) is 0.842. The van der Waals surface area contributed by atoms with Crippen molar-refractivity contribution in [2.24, 2.45) is 0 Å². The molecule has 2 aromatic carbocycles. The number of benzene rings is 2. The second kappa shape index (κ2) is 8.44. The zero-order valence-corrected chi connectivity index (χ0v) is 14.0. The van der Waals surface area contributed by atoms with Crippen LogP contribution in [0.25, 0.3) is 0 Å². The monoisotopic (exact) mass is 333 g/mol. The Kier molecular flexibility index (Phi) is 6.29. The number of carbonyl (C=O) groups is 1. The van der Waals surface area contributed by atoms with Gasteiger partial charge in [-0.05, 0) is 42.3 Å². The van der Waals surface area contributed by atoms with Gasteiger partial charge in [0, 0.05) is 11.6 Å². The van der Waals surface area contributed by atoms with Crippen LogP contribution in [0, 0.1) is 0 Å². The van der Waals surface area contributed by atoms with Crippen LogP contribution in [-0.4, -0.2) is 19.6 Å². The number of rotatable bonds is 7. The van der Waals surface area contributed by atoms with Crippen LogP contribution in [0.4, 0.5) is 0 Å². The van der Waals surface area contributed by atoms with Crippen LogP contribution in [0.1, 0.15) is 18.1 Å². The van der Waals surface area contributed by atoms with E-state index in [1.807, 2.05) is 37.3 Å². The fourth-order valence-corrected chi connectivity index (χ4v) is 2.41. The number of amides is 1. The van der Waals surface area contributed by atoms with Gasteiger partial charge in [0.05, 0.1) is 20.1 Å². The van der Waals surface area contributed by atoms with Crippen molar-refractivity contribution in [2.75, 3.05) is 13.7 Å². The first-order valence-corrected chi connectivity index (χ1v) is 7.81. The van der Waals surface area contributed by atoms with Crippen LogP contribution < -0.4 is 14.8 Å². The van der Waals surface area contributed by atoms with Crippen LogP contribution in [0.15, 0.2) is 42.5 Å². The molecule has 23 heavy (non-hydrogen) atoms.